The van der Waals surface area contributed by atoms with Gasteiger partial charge in [-0.15, -0.1) is 0 Å². The van der Waals surface area contributed by atoms with Crippen LogP contribution in [0, 0.1) is 5.82 Å². The van der Waals surface area contributed by atoms with Crippen molar-refractivity contribution in [1.82, 2.24) is 4.90 Å². The predicted octanol–water partition coefficient (Wildman–Crippen LogP) is 3.91. The molecule has 1 aliphatic heterocycles. The van der Waals surface area contributed by atoms with Gasteiger partial charge >= 0.3 is 0 Å². The number of aromatic hydroxyl groups is 1. The molecule has 5 heteroatoms. The van der Waals surface area contributed by atoms with Crippen molar-refractivity contribution in [3.63, 3.8) is 0 Å². The SMILES string of the molecule is O=C(c1ccco1)N1CCc2ccc(O)cc2C1c1ccc(F)cc1. The molecule has 3 aromatic rings. The summed E-state index contributed by atoms with van der Waals surface area (Å²) in [6.45, 7) is 0.513. The van der Waals surface area contributed by atoms with Crippen molar-refractivity contribution in [2.45, 2.75) is 12.5 Å². The van der Waals surface area contributed by atoms with E-state index in [9.17, 15) is 14.3 Å². The van der Waals surface area contributed by atoms with E-state index in [0.29, 0.717) is 13.0 Å². The second kappa shape index (κ2) is 6.09. The summed E-state index contributed by atoms with van der Waals surface area (Å²) in [6.07, 6.45) is 2.14. The zero-order valence-corrected chi connectivity index (χ0v) is 13.4. The van der Waals surface area contributed by atoms with Gasteiger partial charge in [-0.25, -0.2) is 4.39 Å². The summed E-state index contributed by atoms with van der Waals surface area (Å²) < 4.78 is 18.6. The van der Waals surface area contributed by atoms with E-state index in [2.05, 4.69) is 0 Å². The average Bonchev–Trinajstić information content (AvgIpc) is 3.15. The van der Waals surface area contributed by atoms with Gasteiger partial charge in [-0.1, -0.05) is 18.2 Å². The van der Waals surface area contributed by atoms with Crippen molar-refractivity contribution in [3.05, 3.63) is 89.1 Å². The van der Waals surface area contributed by atoms with Crippen molar-refractivity contribution in [3.8, 4) is 5.75 Å². The number of phenolic OH excluding ortho intramolecular Hbond substituents is 1. The van der Waals surface area contributed by atoms with Gasteiger partial charge in [0.05, 0.1) is 12.3 Å². The molecule has 1 aliphatic rings. The van der Waals surface area contributed by atoms with Gasteiger partial charge in [0, 0.05) is 6.54 Å². The maximum atomic E-state index is 13.4. The van der Waals surface area contributed by atoms with Crippen LogP contribution in [-0.2, 0) is 6.42 Å². The normalized spacial score (nSPS) is 16.5. The van der Waals surface area contributed by atoms with Crippen LogP contribution in [-0.4, -0.2) is 22.5 Å². The minimum atomic E-state index is -0.408. The Balaban J connectivity index is 1.83. The highest BCUT2D eigenvalue weighted by Crippen LogP contribution is 2.37. The zero-order chi connectivity index (χ0) is 17.4. The van der Waals surface area contributed by atoms with Crippen molar-refractivity contribution in [2.24, 2.45) is 0 Å². The molecule has 1 atom stereocenters. The number of hydrogen-bond acceptors (Lipinski definition) is 3. The average molecular weight is 337 g/mol. The molecule has 25 heavy (non-hydrogen) atoms. The van der Waals surface area contributed by atoms with Gasteiger partial charge in [-0.05, 0) is 59.5 Å². The monoisotopic (exact) mass is 337 g/mol. The number of halogens is 1. The molecular formula is C20H16FNO3. The Hall–Kier alpha value is -3.08. The first-order valence-electron chi connectivity index (χ1n) is 8.05. The van der Waals surface area contributed by atoms with Crippen LogP contribution in [0.2, 0.25) is 0 Å². The molecule has 2 heterocycles. The molecule has 2 aromatic carbocycles. The lowest BCUT2D eigenvalue weighted by Gasteiger charge is -2.37. The van der Waals surface area contributed by atoms with E-state index >= 15 is 0 Å². The molecule has 0 saturated heterocycles. The third-order valence-corrected chi connectivity index (χ3v) is 4.54. The van der Waals surface area contributed by atoms with Crippen LogP contribution in [0.25, 0.3) is 0 Å². The first-order valence-corrected chi connectivity index (χ1v) is 8.05. The van der Waals surface area contributed by atoms with Crippen LogP contribution in [0.3, 0.4) is 0 Å². The molecule has 1 unspecified atom stereocenters. The topological polar surface area (TPSA) is 53.7 Å². The van der Waals surface area contributed by atoms with Crippen molar-refractivity contribution in [1.29, 1.82) is 0 Å². The van der Waals surface area contributed by atoms with Crippen molar-refractivity contribution >= 4 is 5.91 Å². The lowest BCUT2D eigenvalue weighted by atomic mass is 9.87. The maximum absolute atomic E-state index is 13.4. The second-order valence-electron chi connectivity index (χ2n) is 6.06. The van der Waals surface area contributed by atoms with Gasteiger partial charge in [-0.3, -0.25) is 4.79 Å². The fourth-order valence-corrected chi connectivity index (χ4v) is 3.37. The number of benzene rings is 2. The minimum Gasteiger partial charge on any atom is -0.508 e. The van der Waals surface area contributed by atoms with Crippen LogP contribution < -0.4 is 0 Å². The van der Waals surface area contributed by atoms with Gasteiger partial charge in [0.1, 0.15) is 11.6 Å². The molecule has 0 saturated carbocycles. The Morgan fingerprint density at radius 2 is 1.96 bits per heavy atom. The molecule has 1 amide bonds. The highest BCUT2D eigenvalue weighted by atomic mass is 19.1. The zero-order valence-electron chi connectivity index (χ0n) is 13.4. The molecule has 0 radical (unpaired) electrons. The van der Waals surface area contributed by atoms with Crippen LogP contribution in [0.1, 0.15) is 33.3 Å². The molecule has 0 spiro atoms. The van der Waals surface area contributed by atoms with Crippen molar-refractivity contribution < 1.29 is 18.7 Å². The summed E-state index contributed by atoms with van der Waals surface area (Å²) in [4.78, 5) is 14.6. The Labute approximate surface area is 144 Å². The first kappa shape index (κ1) is 15.4. The standard InChI is InChI=1S/C20H16FNO3/c21-15-6-3-14(4-7-15)19-17-12-16(23)8-5-13(17)9-10-22(19)20(24)18-2-1-11-25-18/h1-8,11-12,19,23H,9-10H2. The van der Waals surface area contributed by atoms with Crippen molar-refractivity contribution in [2.75, 3.05) is 6.54 Å². The number of fused-ring (bicyclic) bond motifs is 1. The molecule has 4 nitrogen and oxygen atoms in total. The van der Waals surface area contributed by atoms with Gasteiger partial charge in [0.25, 0.3) is 5.91 Å². The summed E-state index contributed by atoms with van der Waals surface area (Å²) in [6, 6.07) is 14.2. The number of hydrogen-bond donors (Lipinski definition) is 1. The fourth-order valence-electron chi connectivity index (χ4n) is 3.37. The molecule has 4 rings (SSSR count). The fraction of sp³-hybridized carbons (Fsp3) is 0.150. The van der Waals surface area contributed by atoms with Crippen LogP contribution in [0.5, 0.6) is 5.75 Å². The number of phenols is 1. The highest BCUT2D eigenvalue weighted by molar-refractivity contribution is 5.92. The van der Waals surface area contributed by atoms with Gasteiger partial charge in [0.2, 0.25) is 0 Å². The van der Waals surface area contributed by atoms with Gasteiger partial charge in [0.15, 0.2) is 5.76 Å². The largest absolute Gasteiger partial charge is 0.508 e. The lowest BCUT2D eigenvalue weighted by Crippen LogP contribution is -2.40. The number of carbonyl (C=O) groups excluding carboxylic acids is 1. The van der Waals surface area contributed by atoms with Gasteiger partial charge < -0.3 is 14.4 Å². The molecule has 1 aromatic heterocycles. The lowest BCUT2D eigenvalue weighted by molar-refractivity contribution is 0.0661. The Morgan fingerprint density at radius 1 is 1.16 bits per heavy atom. The maximum Gasteiger partial charge on any atom is 0.290 e. The molecule has 0 fully saturated rings. The number of furan rings is 1. The number of rotatable bonds is 2. The van der Waals surface area contributed by atoms with Crippen LogP contribution in [0.4, 0.5) is 4.39 Å². The molecule has 126 valence electrons. The van der Waals surface area contributed by atoms with Crippen LogP contribution >= 0.6 is 0 Å². The molecular weight excluding hydrogens is 321 g/mol. The summed E-state index contributed by atoms with van der Waals surface area (Å²) in [7, 11) is 0. The third-order valence-electron chi connectivity index (χ3n) is 4.54. The minimum absolute atomic E-state index is 0.137. The Morgan fingerprint density at radius 3 is 2.68 bits per heavy atom. The van der Waals surface area contributed by atoms with E-state index in [-0.39, 0.29) is 23.2 Å². The Bertz CT molecular complexity index is 903. The summed E-state index contributed by atoms with van der Waals surface area (Å²) in [5.74, 6) is -0.165. The van der Waals surface area contributed by atoms with E-state index in [1.54, 1.807) is 41.3 Å². The first-order chi connectivity index (χ1) is 12.1. The summed E-state index contributed by atoms with van der Waals surface area (Å²) >= 11 is 0. The number of carbonyl (C=O) groups is 1. The predicted molar refractivity (Wildman–Crippen MR) is 89.8 cm³/mol. The number of nitrogens with zero attached hydrogens (tertiary/aromatic N) is 1. The van der Waals surface area contributed by atoms with E-state index in [1.807, 2.05) is 6.07 Å². The molecule has 1 N–H and O–H groups in total. The molecule has 0 bridgehead atoms. The van der Waals surface area contributed by atoms with Crippen LogP contribution in [0.15, 0.2) is 65.3 Å². The van der Waals surface area contributed by atoms with Gasteiger partial charge in [-0.2, -0.15) is 0 Å². The smallest absolute Gasteiger partial charge is 0.290 e. The summed E-state index contributed by atoms with van der Waals surface area (Å²) in [5, 5.41) is 9.92. The second-order valence-corrected chi connectivity index (χ2v) is 6.06. The quantitative estimate of drug-likeness (QED) is 0.771. The van der Waals surface area contributed by atoms with E-state index in [4.69, 9.17) is 4.42 Å². The van der Waals surface area contributed by atoms with E-state index < -0.39 is 6.04 Å². The molecule has 0 aliphatic carbocycles. The van der Waals surface area contributed by atoms with E-state index in [0.717, 1.165) is 16.7 Å². The third kappa shape index (κ3) is 2.78. The van der Waals surface area contributed by atoms with E-state index in [1.165, 1.54) is 18.4 Å². The Kier molecular flexibility index (Phi) is 3.76. The highest BCUT2D eigenvalue weighted by Gasteiger charge is 2.33. The summed E-state index contributed by atoms with van der Waals surface area (Å²) in [5.41, 5.74) is 2.70. The number of amides is 1.